The van der Waals surface area contributed by atoms with E-state index in [0.717, 1.165) is 16.7 Å². The van der Waals surface area contributed by atoms with Gasteiger partial charge in [-0.2, -0.15) is 0 Å². The Balaban J connectivity index is 2.16. The molecule has 0 atom stereocenters. The molecule has 0 heterocycles. The van der Waals surface area contributed by atoms with Gasteiger partial charge >= 0.3 is 0 Å². The lowest BCUT2D eigenvalue weighted by Crippen LogP contribution is -2.33. The summed E-state index contributed by atoms with van der Waals surface area (Å²) in [6.07, 6.45) is 0. The molecule has 0 aromatic heterocycles. The van der Waals surface area contributed by atoms with Crippen LogP contribution in [0.3, 0.4) is 0 Å². The summed E-state index contributed by atoms with van der Waals surface area (Å²) >= 11 is 1.61. The molecule has 0 saturated carbocycles. The Morgan fingerprint density at radius 3 is 1.50 bits per heavy atom. The Morgan fingerprint density at radius 1 is 0.769 bits per heavy atom. The second-order valence-corrected chi connectivity index (χ2v) is 7.06. The lowest BCUT2D eigenvalue weighted by atomic mass is 9.84. The molecule has 0 radical (unpaired) electrons. The van der Waals surface area contributed by atoms with E-state index < -0.39 is 4.75 Å². The van der Waals surface area contributed by atoms with E-state index in [1.807, 2.05) is 54.6 Å². The Morgan fingerprint density at radius 2 is 1.15 bits per heavy atom. The van der Waals surface area contributed by atoms with Crippen molar-refractivity contribution < 1.29 is 4.79 Å². The molecule has 0 spiro atoms. The number of carbonyl (C=O) groups is 1. The maximum Gasteiger partial charge on any atom is 0.231 e. The molecule has 0 bridgehead atoms. The first-order valence-electron chi connectivity index (χ1n) is 8.54. The zero-order chi connectivity index (χ0) is 18.2. The third-order valence-electron chi connectivity index (χ3n) is 4.26. The van der Waals surface area contributed by atoms with Gasteiger partial charge in [-0.1, -0.05) is 91.0 Å². The average Bonchev–Trinajstić information content (AvgIpc) is 2.71. The van der Waals surface area contributed by atoms with Crippen LogP contribution in [0.25, 0.3) is 0 Å². The van der Waals surface area contributed by atoms with Gasteiger partial charge in [0, 0.05) is 0 Å². The number of carbonyl (C=O) groups excluding carboxylic acids is 1. The lowest BCUT2D eigenvalue weighted by molar-refractivity contribution is -0.118. The normalized spacial score (nSPS) is 11.1. The fraction of sp³-hybridized carbons (Fsp3) is 0.136. The van der Waals surface area contributed by atoms with E-state index in [1.165, 1.54) is 0 Å². The smallest absolute Gasteiger partial charge is 0.231 e. The summed E-state index contributed by atoms with van der Waals surface area (Å²) in [7, 11) is 0. The van der Waals surface area contributed by atoms with Crippen molar-refractivity contribution in [3.05, 3.63) is 108 Å². The predicted octanol–water partition coefficient (Wildman–Crippen LogP) is 3.74. The molecule has 3 nitrogen and oxygen atoms in total. The van der Waals surface area contributed by atoms with Crippen LogP contribution in [-0.4, -0.2) is 18.3 Å². The highest BCUT2D eigenvalue weighted by molar-refractivity contribution is 8.01. The van der Waals surface area contributed by atoms with Crippen molar-refractivity contribution in [3.8, 4) is 0 Å². The van der Waals surface area contributed by atoms with Crippen LogP contribution < -0.4 is 11.1 Å². The molecule has 3 aromatic carbocycles. The molecule has 132 valence electrons. The average molecular weight is 362 g/mol. The molecule has 0 aliphatic rings. The first-order valence-corrected chi connectivity index (χ1v) is 9.53. The molecule has 1 amide bonds. The number of hydrogen-bond acceptors (Lipinski definition) is 3. The van der Waals surface area contributed by atoms with E-state index in [4.69, 9.17) is 5.73 Å². The number of benzene rings is 3. The van der Waals surface area contributed by atoms with E-state index >= 15 is 0 Å². The van der Waals surface area contributed by atoms with Gasteiger partial charge in [-0.25, -0.2) is 0 Å². The summed E-state index contributed by atoms with van der Waals surface area (Å²) in [5.74, 6) is 0.250. The van der Waals surface area contributed by atoms with Crippen LogP contribution in [0.4, 0.5) is 0 Å². The number of amides is 1. The molecular formula is C22H22N2OS. The van der Waals surface area contributed by atoms with Gasteiger partial charge in [0.2, 0.25) is 5.91 Å². The van der Waals surface area contributed by atoms with Crippen LogP contribution >= 0.6 is 11.8 Å². The van der Waals surface area contributed by atoms with Gasteiger partial charge in [0.1, 0.15) is 0 Å². The SMILES string of the molecule is NCNC(=O)CSC(c1ccccc1)(c1ccccc1)c1ccccc1. The van der Waals surface area contributed by atoms with Crippen molar-refractivity contribution in [3.63, 3.8) is 0 Å². The summed E-state index contributed by atoms with van der Waals surface area (Å²) in [6, 6.07) is 31.0. The summed E-state index contributed by atoms with van der Waals surface area (Å²) < 4.78 is -0.476. The van der Waals surface area contributed by atoms with Gasteiger partial charge in [0.25, 0.3) is 0 Å². The summed E-state index contributed by atoms with van der Waals surface area (Å²) in [4.78, 5) is 12.2. The topological polar surface area (TPSA) is 55.1 Å². The first-order chi connectivity index (χ1) is 12.8. The van der Waals surface area contributed by atoms with E-state index in [1.54, 1.807) is 11.8 Å². The lowest BCUT2D eigenvalue weighted by Gasteiger charge is -2.35. The summed E-state index contributed by atoms with van der Waals surface area (Å²) in [5, 5.41) is 2.69. The molecule has 0 aliphatic heterocycles. The Hall–Kier alpha value is -2.56. The predicted molar refractivity (Wildman–Crippen MR) is 109 cm³/mol. The Bertz CT molecular complexity index is 726. The number of thioether (sulfide) groups is 1. The first kappa shape index (κ1) is 18.2. The van der Waals surface area contributed by atoms with Gasteiger partial charge in [0.05, 0.1) is 17.2 Å². The van der Waals surface area contributed by atoms with Crippen molar-refractivity contribution in [1.82, 2.24) is 5.32 Å². The third kappa shape index (κ3) is 3.82. The minimum atomic E-state index is -0.476. The quantitative estimate of drug-likeness (QED) is 0.497. The second-order valence-electron chi connectivity index (χ2n) is 5.87. The molecule has 3 rings (SSSR count). The molecule has 0 aliphatic carbocycles. The molecule has 0 fully saturated rings. The highest BCUT2D eigenvalue weighted by Gasteiger charge is 2.37. The van der Waals surface area contributed by atoms with Crippen LogP contribution in [-0.2, 0) is 9.54 Å². The Kier molecular flexibility index (Phi) is 6.10. The number of hydrogen-bond donors (Lipinski definition) is 2. The van der Waals surface area contributed by atoms with Gasteiger partial charge in [-0.3, -0.25) is 4.79 Å². The van der Waals surface area contributed by atoms with Gasteiger partial charge in [0.15, 0.2) is 0 Å². The number of nitrogens with two attached hydrogens (primary N) is 1. The maximum absolute atomic E-state index is 12.2. The van der Waals surface area contributed by atoms with Crippen molar-refractivity contribution in [2.24, 2.45) is 5.73 Å². The van der Waals surface area contributed by atoms with Crippen molar-refractivity contribution >= 4 is 17.7 Å². The molecule has 0 unspecified atom stereocenters. The molecule has 3 N–H and O–H groups in total. The zero-order valence-corrected chi connectivity index (χ0v) is 15.3. The standard InChI is InChI=1S/C22H22N2OS/c23-17-24-21(25)16-26-22(18-10-4-1-5-11-18,19-12-6-2-7-13-19)20-14-8-3-9-15-20/h1-15H,16-17,23H2,(H,24,25). The van der Waals surface area contributed by atoms with Crippen LogP contribution in [0.1, 0.15) is 16.7 Å². The fourth-order valence-corrected chi connectivity index (χ4v) is 4.47. The van der Waals surface area contributed by atoms with E-state index in [0.29, 0.717) is 5.75 Å². The minimum Gasteiger partial charge on any atom is -0.343 e. The monoisotopic (exact) mass is 362 g/mol. The molecule has 4 heteroatoms. The van der Waals surface area contributed by atoms with E-state index in [-0.39, 0.29) is 12.6 Å². The zero-order valence-electron chi connectivity index (χ0n) is 14.5. The number of nitrogens with one attached hydrogen (secondary N) is 1. The van der Waals surface area contributed by atoms with Crippen LogP contribution in [0.15, 0.2) is 91.0 Å². The highest BCUT2D eigenvalue weighted by atomic mass is 32.2. The molecule has 3 aromatic rings. The molecule has 26 heavy (non-hydrogen) atoms. The fourth-order valence-electron chi connectivity index (χ4n) is 3.11. The van der Waals surface area contributed by atoms with Crippen molar-refractivity contribution in [2.75, 3.05) is 12.4 Å². The van der Waals surface area contributed by atoms with Gasteiger partial charge in [-0.05, 0) is 16.7 Å². The van der Waals surface area contributed by atoms with Gasteiger partial charge in [-0.15, -0.1) is 11.8 Å². The molecule has 0 saturated heterocycles. The minimum absolute atomic E-state index is 0.0651. The van der Waals surface area contributed by atoms with Crippen LogP contribution in [0.2, 0.25) is 0 Å². The van der Waals surface area contributed by atoms with Crippen molar-refractivity contribution in [1.29, 1.82) is 0 Å². The van der Waals surface area contributed by atoms with Crippen molar-refractivity contribution in [2.45, 2.75) is 4.75 Å². The van der Waals surface area contributed by atoms with Crippen LogP contribution in [0, 0.1) is 0 Å². The van der Waals surface area contributed by atoms with Crippen LogP contribution in [0.5, 0.6) is 0 Å². The largest absolute Gasteiger partial charge is 0.343 e. The van der Waals surface area contributed by atoms with Gasteiger partial charge < -0.3 is 11.1 Å². The van der Waals surface area contributed by atoms with E-state index in [2.05, 4.69) is 41.7 Å². The third-order valence-corrected chi connectivity index (χ3v) is 5.81. The summed E-state index contributed by atoms with van der Waals surface area (Å²) in [6.45, 7) is 0.147. The summed E-state index contributed by atoms with van der Waals surface area (Å²) in [5.41, 5.74) is 8.89. The van der Waals surface area contributed by atoms with E-state index in [9.17, 15) is 4.79 Å². The Labute approximate surface area is 158 Å². The number of rotatable bonds is 7. The highest BCUT2D eigenvalue weighted by Crippen LogP contribution is 2.48. The molecular weight excluding hydrogens is 340 g/mol. The maximum atomic E-state index is 12.2. The second kappa shape index (κ2) is 8.70.